The first-order valence-electron chi connectivity index (χ1n) is 8.38. The van der Waals surface area contributed by atoms with Crippen molar-refractivity contribution in [3.8, 4) is 0 Å². The molecule has 0 radical (unpaired) electrons. The summed E-state index contributed by atoms with van der Waals surface area (Å²) in [5, 5.41) is 3.13. The van der Waals surface area contributed by atoms with Crippen LogP contribution in [0.3, 0.4) is 0 Å². The Morgan fingerprint density at radius 2 is 1.62 bits per heavy atom. The van der Waals surface area contributed by atoms with Crippen LogP contribution in [0.25, 0.3) is 0 Å². The van der Waals surface area contributed by atoms with Crippen molar-refractivity contribution in [3.05, 3.63) is 37.6 Å². The maximum atomic E-state index is 4.98. The first-order chi connectivity index (χ1) is 10.1. The third kappa shape index (κ3) is 10.1. The molecule has 21 heavy (non-hydrogen) atoms. The van der Waals surface area contributed by atoms with Crippen molar-refractivity contribution < 1.29 is 0 Å². The summed E-state index contributed by atoms with van der Waals surface area (Å²) in [5.74, 6) is 0.875. The van der Waals surface area contributed by atoms with Crippen LogP contribution in [-0.4, -0.2) is 11.4 Å². The van der Waals surface area contributed by atoms with Gasteiger partial charge in [-0.2, -0.15) is 0 Å². The molecule has 0 spiro atoms. The molecule has 0 aliphatic heterocycles. The minimum atomic E-state index is 0.0151. The van der Waals surface area contributed by atoms with Crippen molar-refractivity contribution >= 4 is 5.84 Å². The molecule has 2 nitrogen and oxygen atoms in total. The molecule has 0 amide bonds. The molecule has 0 saturated carbocycles. The van der Waals surface area contributed by atoms with E-state index in [0.717, 1.165) is 18.7 Å². The maximum Gasteiger partial charge on any atom is 0.125 e. The number of nitrogens with zero attached hydrogens (tertiary/aromatic N) is 1. The van der Waals surface area contributed by atoms with Crippen LogP contribution in [0.5, 0.6) is 0 Å². The Kier molecular flexibility index (Phi) is 11.7. The van der Waals surface area contributed by atoms with E-state index in [4.69, 9.17) is 4.99 Å². The van der Waals surface area contributed by atoms with E-state index in [1.807, 2.05) is 12.2 Å². The zero-order valence-electron chi connectivity index (χ0n) is 14.3. The zero-order chi connectivity index (χ0) is 16.0. The number of allylic oxidation sites excluding steroid dienone is 2. The molecule has 0 fully saturated rings. The highest BCUT2D eigenvalue weighted by Crippen LogP contribution is 2.26. The van der Waals surface area contributed by atoms with E-state index in [1.54, 1.807) is 12.3 Å². The number of rotatable bonds is 12. The van der Waals surface area contributed by atoms with Gasteiger partial charge in [0.2, 0.25) is 0 Å². The fraction of sp³-hybridized carbons (Fsp3) is 0.632. The van der Waals surface area contributed by atoms with Crippen LogP contribution < -0.4 is 5.32 Å². The van der Waals surface area contributed by atoms with E-state index in [9.17, 15) is 0 Å². The van der Waals surface area contributed by atoms with Crippen LogP contribution in [0.4, 0.5) is 0 Å². The summed E-state index contributed by atoms with van der Waals surface area (Å²) in [5.41, 5.74) is 0.0151. The lowest BCUT2D eigenvalue weighted by Crippen LogP contribution is -2.27. The van der Waals surface area contributed by atoms with Crippen LogP contribution in [-0.2, 0) is 0 Å². The second kappa shape index (κ2) is 12.4. The molecule has 0 rings (SSSR count). The van der Waals surface area contributed by atoms with Crippen molar-refractivity contribution in [2.24, 2.45) is 4.99 Å². The summed E-state index contributed by atoms with van der Waals surface area (Å²) in [4.78, 5) is 4.98. The van der Waals surface area contributed by atoms with Crippen molar-refractivity contribution in [1.82, 2.24) is 5.32 Å². The predicted octanol–water partition coefficient (Wildman–Crippen LogP) is 5.78. The highest BCUT2D eigenvalue weighted by molar-refractivity contribution is 5.94. The molecule has 1 N–H and O–H groups in total. The van der Waals surface area contributed by atoms with Gasteiger partial charge in [0.1, 0.15) is 5.84 Å². The van der Waals surface area contributed by atoms with Crippen LogP contribution >= 0.6 is 0 Å². The van der Waals surface area contributed by atoms with Gasteiger partial charge >= 0.3 is 0 Å². The van der Waals surface area contributed by atoms with Gasteiger partial charge in [-0.3, -0.25) is 4.99 Å². The SMILES string of the molecule is C=C/C=C\C(=NC(C)(CCCCC)CCCCC)NC=C. The third-order valence-electron chi connectivity index (χ3n) is 3.67. The number of hydrogen-bond acceptors (Lipinski definition) is 1. The van der Waals surface area contributed by atoms with Crippen LogP contribution in [0.1, 0.15) is 72.1 Å². The lowest BCUT2D eigenvalue weighted by atomic mass is 9.89. The second-order valence-electron chi connectivity index (χ2n) is 5.85. The molecule has 0 aromatic heterocycles. The largest absolute Gasteiger partial charge is 0.348 e. The number of amidine groups is 1. The van der Waals surface area contributed by atoms with Gasteiger partial charge in [-0.1, -0.05) is 77.7 Å². The van der Waals surface area contributed by atoms with Crippen LogP contribution in [0, 0.1) is 0 Å². The monoisotopic (exact) mass is 290 g/mol. The summed E-state index contributed by atoms with van der Waals surface area (Å²) >= 11 is 0. The fourth-order valence-corrected chi connectivity index (χ4v) is 2.42. The molecule has 0 aliphatic carbocycles. The van der Waals surface area contributed by atoms with Gasteiger partial charge in [0.05, 0.1) is 5.54 Å². The Labute approximate surface area is 132 Å². The van der Waals surface area contributed by atoms with E-state index in [-0.39, 0.29) is 5.54 Å². The standard InChI is InChI=1S/C19H34N2/c1-6-10-13-16-19(5,17-14-11-7-2)21-18(20-9-4)15-12-8-3/h8-9,12,15H,3-4,6-7,10-11,13-14,16-17H2,1-2,5H3,(H,20,21)/b15-12-. The van der Waals surface area contributed by atoms with Gasteiger partial charge in [0, 0.05) is 0 Å². The van der Waals surface area contributed by atoms with E-state index in [0.29, 0.717) is 0 Å². The van der Waals surface area contributed by atoms with Gasteiger partial charge in [-0.05, 0) is 32.0 Å². The highest BCUT2D eigenvalue weighted by atomic mass is 15.0. The quantitative estimate of drug-likeness (QED) is 0.209. The summed E-state index contributed by atoms with van der Waals surface area (Å²) in [6.45, 7) is 14.2. The van der Waals surface area contributed by atoms with Gasteiger partial charge in [-0.15, -0.1) is 0 Å². The van der Waals surface area contributed by atoms with Gasteiger partial charge < -0.3 is 5.32 Å². The zero-order valence-corrected chi connectivity index (χ0v) is 14.3. The minimum absolute atomic E-state index is 0.0151. The first-order valence-corrected chi connectivity index (χ1v) is 8.38. The van der Waals surface area contributed by atoms with Crippen LogP contribution in [0.15, 0.2) is 42.6 Å². The fourth-order valence-electron chi connectivity index (χ4n) is 2.42. The molecule has 0 aliphatic rings. The average molecular weight is 290 g/mol. The predicted molar refractivity (Wildman–Crippen MR) is 96.8 cm³/mol. The minimum Gasteiger partial charge on any atom is -0.348 e. The number of aliphatic imine (C=N–C) groups is 1. The van der Waals surface area contributed by atoms with Crippen molar-refractivity contribution in [3.63, 3.8) is 0 Å². The van der Waals surface area contributed by atoms with Gasteiger partial charge in [0.25, 0.3) is 0 Å². The molecule has 0 saturated heterocycles. The molecule has 0 aromatic rings. The first kappa shape index (κ1) is 19.7. The maximum absolute atomic E-state index is 4.98. The molecular formula is C19H34N2. The topological polar surface area (TPSA) is 24.4 Å². The Morgan fingerprint density at radius 1 is 1.05 bits per heavy atom. The van der Waals surface area contributed by atoms with Crippen molar-refractivity contribution in [2.75, 3.05) is 0 Å². The van der Waals surface area contributed by atoms with Crippen molar-refractivity contribution in [2.45, 2.75) is 77.7 Å². The van der Waals surface area contributed by atoms with Gasteiger partial charge in [0.15, 0.2) is 0 Å². The Hall–Kier alpha value is -1.31. The number of hydrogen-bond donors (Lipinski definition) is 1. The second-order valence-corrected chi connectivity index (χ2v) is 5.85. The molecule has 120 valence electrons. The molecule has 2 heteroatoms. The lowest BCUT2D eigenvalue weighted by molar-refractivity contribution is 0.371. The third-order valence-corrected chi connectivity index (χ3v) is 3.67. The molecular weight excluding hydrogens is 256 g/mol. The molecule has 0 bridgehead atoms. The Balaban J connectivity index is 4.96. The van der Waals surface area contributed by atoms with E-state index in [2.05, 4.69) is 39.2 Å². The lowest BCUT2D eigenvalue weighted by Gasteiger charge is -2.26. The Morgan fingerprint density at radius 3 is 2.05 bits per heavy atom. The summed E-state index contributed by atoms with van der Waals surface area (Å²) in [7, 11) is 0. The molecule has 0 unspecified atom stereocenters. The molecule has 0 atom stereocenters. The molecule has 0 heterocycles. The highest BCUT2D eigenvalue weighted by Gasteiger charge is 2.22. The number of unbranched alkanes of at least 4 members (excludes halogenated alkanes) is 4. The average Bonchev–Trinajstić information content (AvgIpc) is 2.45. The number of nitrogens with one attached hydrogen (secondary N) is 1. The van der Waals surface area contributed by atoms with Crippen molar-refractivity contribution in [1.29, 1.82) is 0 Å². The summed E-state index contributed by atoms with van der Waals surface area (Å²) in [6, 6.07) is 0. The normalized spacial score (nSPS) is 12.6. The van der Waals surface area contributed by atoms with E-state index >= 15 is 0 Å². The molecule has 0 aromatic carbocycles. The van der Waals surface area contributed by atoms with Crippen LogP contribution in [0.2, 0.25) is 0 Å². The Bertz CT molecular complexity index is 329. The van der Waals surface area contributed by atoms with E-state index in [1.165, 1.54) is 38.5 Å². The van der Waals surface area contributed by atoms with E-state index < -0.39 is 0 Å². The summed E-state index contributed by atoms with van der Waals surface area (Å²) in [6.07, 6.45) is 17.2. The smallest absolute Gasteiger partial charge is 0.125 e. The summed E-state index contributed by atoms with van der Waals surface area (Å²) < 4.78 is 0. The van der Waals surface area contributed by atoms with Gasteiger partial charge in [-0.25, -0.2) is 0 Å².